The second-order valence-electron chi connectivity index (χ2n) is 5.71. The lowest BCUT2D eigenvalue weighted by Gasteiger charge is -2.38. The van der Waals surface area contributed by atoms with Crippen LogP contribution in [0.25, 0.3) is 10.8 Å². The van der Waals surface area contributed by atoms with Crippen LogP contribution in [-0.2, 0) is 0 Å². The maximum atomic E-state index is 13.2. The molecular weight excluding hydrogens is 340 g/mol. The molecule has 0 radical (unpaired) electrons. The van der Waals surface area contributed by atoms with Crippen LogP contribution in [-0.4, -0.2) is 22.2 Å². The van der Waals surface area contributed by atoms with Crippen molar-refractivity contribution in [2.45, 2.75) is 30.0 Å². The van der Waals surface area contributed by atoms with Crippen LogP contribution in [0.15, 0.2) is 58.2 Å². The van der Waals surface area contributed by atoms with Crippen molar-refractivity contribution in [3.8, 4) is 10.8 Å². The van der Waals surface area contributed by atoms with Crippen LogP contribution in [0, 0.1) is 0 Å². The fourth-order valence-corrected chi connectivity index (χ4v) is 4.77. The average Bonchev–Trinajstić information content (AvgIpc) is 3.27. The number of nitrogens with zero attached hydrogens (tertiary/aromatic N) is 2. The third-order valence-electron chi connectivity index (χ3n) is 4.19. The molecule has 2 aromatic heterocycles. The van der Waals surface area contributed by atoms with Gasteiger partial charge < -0.3 is 9.32 Å². The monoisotopic (exact) mass is 356 g/mol. The second kappa shape index (κ2) is 6.11. The van der Waals surface area contributed by atoms with Crippen LogP contribution < -0.4 is 4.90 Å². The van der Waals surface area contributed by atoms with Gasteiger partial charge in [-0.15, -0.1) is 23.1 Å². The first-order chi connectivity index (χ1) is 11.6. The minimum absolute atomic E-state index is 0.00240. The molecule has 0 fully saturated rings. The maximum Gasteiger partial charge on any atom is 0.270 e. The number of hydrogen-bond acceptors (Lipinski definition) is 5. The number of anilines is 1. The number of aromatic nitrogens is 1. The van der Waals surface area contributed by atoms with Crippen molar-refractivity contribution < 1.29 is 9.21 Å². The van der Waals surface area contributed by atoms with E-state index in [0.29, 0.717) is 15.9 Å². The lowest BCUT2D eigenvalue weighted by Crippen LogP contribution is -2.45. The van der Waals surface area contributed by atoms with Crippen molar-refractivity contribution in [3.63, 3.8) is 0 Å². The van der Waals surface area contributed by atoms with Crippen LogP contribution >= 0.6 is 23.1 Å². The summed E-state index contributed by atoms with van der Waals surface area (Å²) in [5, 5.41) is 1.06. The van der Waals surface area contributed by atoms with Crippen LogP contribution in [0.2, 0.25) is 0 Å². The number of para-hydroxylation sites is 1. The van der Waals surface area contributed by atoms with Crippen molar-refractivity contribution >= 4 is 34.7 Å². The van der Waals surface area contributed by atoms with Gasteiger partial charge in [0.1, 0.15) is 4.88 Å². The Balaban J connectivity index is 1.71. The summed E-state index contributed by atoms with van der Waals surface area (Å²) in [5.74, 6) is 0.687. The molecule has 24 heavy (non-hydrogen) atoms. The highest BCUT2D eigenvalue weighted by Crippen LogP contribution is 2.42. The molecule has 1 aliphatic heterocycles. The number of thioether (sulfide) groups is 1. The number of amides is 1. The minimum atomic E-state index is -0.00240. The molecule has 4 rings (SSSR count). The molecule has 1 amide bonds. The minimum Gasteiger partial charge on any atom is -0.462 e. The number of carbonyl (C=O) groups is 1. The van der Waals surface area contributed by atoms with Gasteiger partial charge in [-0.25, -0.2) is 4.98 Å². The molecule has 0 saturated heterocycles. The lowest BCUT2D eigenvalue weighted by atomic mass is 10.1. The number of rotatable bonds is 2. The summed E-state index contributed by atoms with van der Waals surface area (Å²) in [6.45, 7) is 4.26. The normalized spacial score (nSPS) is 20.0. The Morgan fingerprint density at radius 1 is 1.21 bits per heavy atom. The molecule has 1 aromatic carbocycles. The third-order valence-corrected chi connectivity index (χ3v) is 6.56. The van der Waals surface area contributed by atoms with Gasteiger partial charge in [0.15, 0.2) is 10.8 Å². The zero-order valence-electron chi connectivity index (χ0n) is 13.3. The first-order valence-corrected chi connectivity index (χ1v) is 9.43. The first kappa shape index (κ1) is 15.5. The standard InChI is InChI=1S/C18H16N2O2S2/c1-11-12(2)23-15-8-4-3-6-13(15)20(11)18(21)16-10-19-17(24-16)14-7-5-9-22-14/h3-12H,1-2H3. The highest BCUT2D eigenvalue weighted by molar-refractivity contribution is 8.00. The summed E-state index contributed by atoms with van der Waals surface area (Å²) in [6, 6.07) is 11.9. The maximum absolute atomic E-state index is 13.2. The molecule has 2 unspecified atom stereocenters. The molecule has 3 heterocycles. The van der Waals surface area contributed by atoms with E-state index in [2.05, 4.69) is 24.9 Å². The molecule has 6 heteroatoms. The van der Waals surface area contributed by atoms with E-state index in [1.54, 1.807) is 12.5 Å². The van der Waals surface area contributed by atoms with E-state index in [9.17, 15) is 4.79 Å². The number of fused-ring (bicyclic) bond motifs is 1. The molecule has 3 aromatic rings. The SMILES string of the molecule is CC1Sc2ccccc2N(C(=O)c2cnc(-c3ccco3)s2)C1C. The fraction of sp³-hybridized carbons (Fsp3) is 0.222. The van der Waals surface area contributed by atoms with E-state index in [1.807, 2.05) is 47.0 Å². The van der Waals surface area contributed by atoms with E-state index in [0.717, 1.165) is 15.6 Å². The number of hydrogen-bond donors (Lipinski definition) is 0. The van der Waals surface area contributed by atoms with E-state index in [1.165, 1.54) is 11.3 Å². The van der Waals surface area contributed by atoms with Gasteiger partial charge in [-0.2, -0.15) is 0 Å². The first-order valence-electron chi connectivity index (χ1n) is 7.74. The Morgan fingerprint density at radius 3 is 2.83 bits per heavy atom. The van der Waals surface area contributed by atoms with Gasteiger partial charge in [0, 0.05) is 16.2 Å². The number of carbonyl (C=O) groups excluding carboxylic acids is 1. The van der Waals surface area contributed by atoms with Crippen LogP contribution in [0.1, 0.15) is 23.5 Å². The van der Waals surface area contributed by atoms with Gasteiger partial charge in [-0.1, -0.05) is 19.1 Å². The molecule has 0 saturated carbocycles. The van der Waals surface area contributed by atoms with Gasteiger partial charge in [0.25, 0.3) is 5.91 Å². The van der Waals surface area contributed by atoms with Gasteiger partial charge in [-0.3, -0.25) is 4.79 Å². The van der Waals surface area contributed by atoms with Crippen molar-refractivity contribution in [1.82, 2.24) is 4.98 Å². The Labute approximate surface area is 148 Å². The Morgan fingerprint density at radius 2 is 2.04 bits per heavy atom. The van der Waals surface area contributed by atoms with Gasteiger partial charge >= 0.3 is 0 Å². The summed E-state index contributed by atoms with van der Waals surface area (Å²) >= 11 is 3.19. The number of furan rings is 1. The summed E-state index contributed by atoms with van der Waals surface area (Å²) in [6.07, 6.45) is 3.26. The highest BCUT2D eigenvalue weighted by Gasteiger charge is 2.34. The van der Waals surface area contributed by atoms with Crippen molar-refractivity contribution in [1.29, 1.82) is 0 Å². The molecule has 2 atom stereocenters. The average molecular weight is 356 g/mol. The molecule has 0 N–H and O–H groups in total. The zero-order chi connectivity index (χ0) is 16.7. The van der Waals surface area contributed by atoms with Crippen LogP contribution in [0.4, 0.5) is 5.69 Å². The molecule has 1 aliphatic rings. The van der Waals surface area contributed by atoms with Gasteiger partial charge in [-0.05, 0) is 31.2 Å². The molecule has 0 aliphatic carbocycles. The van der Waals surface area contributed by atoms with Crippen molar-refractivity contribution in [3.05, 3.63) is 53.7 Å². The third kappa shape index (κ3) is 2.56. The predicted octanol–water partition coefficient (Wildman–Crippen LogP) is 4.93. The fourth-order valence-electron chi connectivity index (χ4n) is 2.78. The van der Waals surface area contributed by atoms with Crippen LogP contribution in [0.3, 0.4) is 0 Å². The van der Waals surface area contributed by atoms with Crippen molar-refractivity contribution in [2.75, 3.05) is 4.90 Å². The Bertz CT molecular complexity index is 873. The van der Waals surface area contributed by atoms with E-state index >= 15 is 0 Å². The van der Waals surface area contributed by atoms with Gasteiger partial charge in [0.05, 0.1) is 18.1 Å². The largest absolute Gasteiger partial charge is 0.462 e. The van der Waals surface area contributed by atoms with E-state index < -0.39 is 0 Å². The lowest BCUT2D eigenvalue weighted by molar-refractivity contribution is 0.0981. The predicted molar refractivity (Wildman–Crippen MR) is 97.8 cm³/mol. The summed E-state index contributed by atoms with van der Waals surface area (Å²) in [4.78, 5) is 21.2. The van der Waals surface area contributed by atoms with Crippen molar-refractivity contribution in [2.24, 2.45) is 0 Å². The zero-order valence-corrected chi connectivity index (χ0v) is 14.9. The molecule has 4 nitrogen and oxygen atoms in total. The quantitative estimate of drug-likeness (QED) is 0.653. The molecular formula is C18H16N2O2S2. The second-order valence-corrected chi connectivity index (χ2v) is 8.16. The molecule has 0 bridgehead atoms. The van der Waals surface area contributed by atoms with Crippen LogP contribution in [0.5, 0.6) is 0 Å². The Kier molecular flexibility index (Phi) is 3.94. The van der Waals surface area contributed by atoms with E-state index in [4.69, 9.17) is 4.42 Å². The van der Waals surface area contributed by atoms with E-state index in [-0.39, 0.29) is 11.9 Å². The summed E-state index contributed by atoms with van der Waals surface area (Å²) in [7, 11) is 0. The highest BCUT2D eigenvalue weighted by atomic mass is 32.2. The summed E-state index contributed by atoms with van der Waals surface area (Å²) < 4.78 is 5.37. The number of thiazole rings is 1. The van der Waals surface area contributed by atoms with Gasteiger partial charge in [0.2, 0.25) is 0 Å². The number of benzene rings is 1. The molecule has 122 valence electrons. The Hall–Kier alpha value is -2.05. The summed E-state index contributed by atoms with van der Waals surface area (Å²) in [5.41, 5.74) is 0.978. The molecule has 0 spiro atoms. The smallest absolute Gasteiger partial charge is 0.270 e. The topological polar surface area (TPSA) is 46.3 Å².